The minimum absolute atomic E-state index is 0.0224. The summed E-state index contributed by atoms with van der Waals surface area (Å²) < 4.78 is 3.21. The summed E-state index contributed by atoms with van der Waals surface area (Å²) in [5, 5.41) is 9.48. The summed E-state index contributed by atoms with van der Waals surface area (Å²) in [5.74, 6) is 0. The Morgan fingerprint density at radius 3 is 2.37 bits per heavy atom. The van der Waals surface area contributed by atoms with Gasteiger partial charge in [-0.1, -0.05) is 45.6 Å². The highest BCUT2D eigenvalue weighted by molar-refractivity contribution is 5.88. The van der Waals surface area contributed by atoms with Crippen molar-refractivity contribution < 1.29 is 0 Å². The van der Waals surface area contributed by atoms with E-state index in [1.54, 1.807) is 28.6 Å². The van der Waals surface area contributed by atoms with Crippen molar-refractivity contribution in [1.82, 2.24) is 19.1 Å². The second-order valence-electron chi connectivity index (χ2n) is 11.3. The first kappa shape index (κ1) is 26.7. The lowest BCUT2D eigenvalue weighted by Crippen LogP contribution is -2.21. The second-order valence-corrected chi connectivity index (χ2v) is 11.3. The zero-order valence-electron chi connectivity index (χ0n) is 23.3. The molecule has 0 saturated carbocycles. The van der Waals surface area contributed by atoms with Gasteiger partial charge in [0.15, 0.2) is 0 Å². The molecule has 0 amide bonds. The van der Waals surface area contributed by atoms with E-state index in [0.717, 1.165) is 28.0 Å². The molecule has 0 bridgehead atoms. The molecule has 0 atom stereocenters. The summed E-state index contributed by atoms with van der Waals surface area (Å²) in [7, 11) is 1.73. The zero-order valence-corrected chi connectivity index (χ0v) is 23.3. The zero-order chi connectivity index (χ0) is 27.8. The lowest BCUT2D eigenvalue weighted by Gasteiger charge is -2.16. The summed E-state index contributed by atoms with van der Waals surface area (Å²) in [4.78, 5) is 21.3. The molecular formula is C32H35N5O. The number of aromatic amines is 1. The fourth-order valence-corrected chi connectivity index (χ4v) is 4.38. The molecule has 4 rings (SSSR count). The van der Waals surface area contributed by atoms with Crippen molar-refractivity contribution in [2.75, 3.05) is 0 Å². The van der Waals surface area contributed by atoms with Crippen LogP contribution in [-0.2, 0) is 17.9 Å². The molecule has 194 valence electrons. The number of nitrogens with zero attached hydrogens (tertiary/aromatic N) is 4. The van der Waals surface area contributed by atoms with Crippen molar-refractivity contribution in [2.45, 2.75) is 52.4 Å². The topological polar surface area (TPSA) is 79.4 Å². The predicted octanol–water partition coefficient (Wildman–Crippen LogP) is 6.70. The number of allylic oxidation sites excluding steroid dienone is 2. The summed E-state index contributed by atoms with van der Waals surface area (Å²) in [6, 6.07) is 16.0. The number of imidazole rings is 1. The van der Waals surface area contributed by atoms with Crippen LogP contribution in [0.15, 0.2) is 72.3 Å². The van der Waals surface area contributed by atoms with E-state index >= 15 is 0 Å². The number of H-pyrrole nitrogens is 1. The molecule has 38 heavy (non-hydrogen) atoms. The van der Waals surface area contributed by atoms with Gasteiger partial charge in [0.05, 0.1) is 28.6 Å². The Hall–Kier alpha value is -4.37. The number of aromatic nitrogens is 4. The molecule has 6 heteroatoms. The minimum atomic E-state index is -0.613. The van der Waals surface area contributed by atoms with Gasteiger partial charge >= 0.3 is 5.69 Å². The van der Waals surface area contributed by atoms with Crippen LogP contribution < -0.4 is 5.69 Å². The van der Waals surface area contributed by atoms with Gasteiger partial charge < -0.3 is 9.55 Å². The van der Waals surface area contributed by atoms with Crippen molar-refractivity contribution in [3.05, 3.63) is 106 Å². The van der Waals surface area contributed by atoms with Gasteiger partial charge in [0.1, 0.15) is 0 Å². The standard InChI is InChI=1S/C32H35N5O/c1-9-22(16-24-18-29(31(3,4)5)35-21(24)2)23-14-15-34-27(17-23)28-19-36(8)30(38)37(28)26-12-10-25(11-13-26)32(6,7)20-33/h9-19,35H,1H2,2-8H3/b22-16+. The smallest absolute Gasteiger partial charge is 0.333 e. The number of rotatable bonds is 6. The van der Waals surface area contributed by atoms with Gasteiger partial charge in [-0.3, -0.25) is 9.55 Å². The Morgan fingerprint density at radius 2 is 1.79 bits per heavy atom. The average Bonchev–Trinajstić information content (AvgIpc) is 3.41. The van der Waals surface area contributed by atoms with Crippen LogP contribution in [0.4, 0.5) is 0 Å². The highest BCUT2D eigenvalue weighted by Gasteiger charge is 2.21. The Balaban J connectivity index is 1.78. The van der Waals surface area contributed by atoms with E-state index in [4.69, 9.17) is 0 Å². The Kier molecular flexibility index (Phi) is 6.90. The molecule has 4 aromatic rings. The molecular weight excluding hydrogens is 470 g/mol. The monoisotopic (exact) mass is 505 g/mol. The van der Waals surface area contributed by atoms with Crippen LogP contribution in [-0.4, -0.2) is 19.1 Å². The summed E-state index contributed by atoms with van der Waals surface area (Å²) in [6.45, 7) is 16.4. The number of aryl methyl sites for hydroxylation is 2. The van der Waals surface area contributed by atoms with Crippen molar-refractivity contribution in [3.63, 3.8) is 0 Å². The molecule has 1 aromatic carbocycles. The van der Waals surface area contributed by atoms with E-state index in [-0.39, 0.29) is 11.1 Å². The third-order valence-corrected chi connectivity index (χ3v) is 6.93. The largest absolute Gasteiger partial charge is 0.362 e. The van der Waals surface area contributed by atoms with Crippen LogP contribution in [0.5, 0.6) is 0 Å². The Morgan fingerprint density at radius 1 is 1.11 bits per heavy atom. The van der Waals surface area contributed by atoms with E-state index in [1.807, 2.05) is 56.3 Å². The van der Waals surface area contributed by atoms with Crippen LogP contribution in [0.1, 0.15) is 62.7 Å². The Bertz CT molecular complexity index is 1630. The van der Waals surface area contributed by atoms with Crippen molar-refractivity contribution in [3.8, 4) is 23.1 Å². The highest BCUT2D eigenvalue weighted by atomic mass is 16.1. The van der Waals surface area contributed by atoms with Gasteiger partial charge in [0.25, 0.3) is 0 Å². The minimum Gasteiger partial charge on any atom is -0.362 e. The number of nitrogens with one attached hydrogen (secondary N) is 1. The van der Waals surface area contributed by atoms with Crippen LogP contribution in [0.2, 0.25) is 0 Å². The third-order valence-electron chi connectivity index (χ3n) is 6.93. The third kappa shape index (κ3) is 5.05. The van der Waals surface area contributed by atoms with E-state index < -0.39 is 5.41 Å². The molecule has 0 spiro atoms. The van der Waals surface area contributed by atoms with Gasteiger partial charge in [-0.05, 0) is 79.4 Å². The first-order valence-electron chi connectivity index (χ1n) is 12.7. The summed E-state index contributed by atoms with van der Waals surface area (Å²) in [5.41, 5.74) is 7.52. The van der Waals surface area contributed by atoms with Crippen molar-refractivity contribution in [2.24, 2.45) is 7.05 Å². The summed E-state index contributed by atoms with van der Waals surface area (Å²) >= 11 is 0. The van der Waals surface area contributed by atoms with Gasteiger partial charge in [0.2, 0.25) is 0 Å². The van der Waals surface area contributed by atoms with E-state index in [0.29, 0.717) is 17.1 Å². The molecule has 0 radical (unpaired) electrons. The van der Waals surface area contributed by atoms with E-state index in [2.05, 4.69) is 62.5 Å². The molecule has 0 aliphatic heterocycles. The molecule has 1 N–H and O–H groups in total. The molecule has 0 aliphatic carbocycles. The quantitative estimate of drug-likeness (QED) is 0.296. The van der Waals surface area contributed by atoms with Gasteiger partial charge in [-0.25, -0.2) is 4.79 Å². The van der Waals surface area contributed by atoms with Crippen molar-refractivity contribution >= 4 is 11.6 Å². The molecule has 3 heterocycles. The number of hydrogen-bond acceptors (Lipinski definition) is 3. The van der Waals surface area contributed by atoms with Crippen LogP contribution in [0.3, 0.4) is 0 Å². The van der Waals surface area contributed by atoms with Crippen molar-refractivity contribution in [1.29, 1.82) is 5.26 Å². The molecule has 3 aromatic heterocycles. The first-order chi connectivity index (χ1) is 17.9. The van der Waals surface area contributed by atoms with Crippen LogP contribution in [0.25, 0.3) is 28.7 Å². The lowest BCUT2D eigenvalue weighted by molar-refractivity contribution is 0.572. The maximum absolute atomic E-state index is 13.2. The number of benzene rings is 1. The molecule has 0 fully saturated rings. The fourth-order valence-electron chi connectivity index (χ4n) is 4.38. The molecule has 0 saturated heterocycles. The fraction of sp³-hybridized carbons (Fsp3) is 0.281. The molecule has 0 aliphatic rings. The number of pyridine rings is 1. The van der Waals surface area contributed by atoms with Crippen LogP contribution >= 0.6 is 0 Å². The lowest BCUT2D eigenvalue weighted by atomic mass is 9.86. The number of nitriles is 1. The van der Waals surface area contributed by atoms with Gasteiger partial charge in [0, 0.05) is 36.2 Å². The second kappa shape index (κ2) is 9.83. The maximum Gasteiger partial charge on any atom is 0.333 e. The first-order valence-corrected chi connectivity index (χ1v) is 12.7. The SMILES string of the molecule is C=C/C(=C\c1cc(C(C)(C)C)[nH]c1C)c1ccnc(-c2cn(C)c(=O)n2-c2ccc(C(C)(C)C#N)cc2)c1. The van der Waals surface area contributed by atoms with Gasteiger partial charge in [-0.15, -0.1) is 0 Å². The molecule has 6 nitrogen and oxygen atoms in total. The molecule has 0 unspecified atom stereocenters. The summed E-state index contributed by atoms with van der Waals surface area (Å²) in [6.07, 6.45) is 7.52. The highest BCUT2D eigenvalue weighted by Crippen LogP contribution is 2.29. The van der Waals surface area contributed by atoms with E-state index in [9.17, 15) is 10.1 Å². The number of hydrogen-bond donors (Lipinski definition) is 1. The predicted molar refractivity (Wildman–Crippen MR) is 155 cm³/mol. The van der Waals surface area contributed by atoms with Crippen LogP contribution in [0, 0.1) is 18.3 Å². The van der Waals surface area contributed by atoms with E-state index in [1.165, 1.54) is 5.69 Å². The Labute approximate surface area is 224 Å². The maximum atomic E-state index is 13.2. The van der Waals surface area contributed by atoms with Gasteiger partial charge in [-0.2, -0.15) is 5.26 Å². The average molecular weight is 506 g/mol. The normalized spacial score (nSPS) is 12.4.